The number of methoxy groups -OCH3 is 1. The van der Waals surface area contributed by atoms with Crippen LogP contribution in [-0.2, 0) is 4.74 Å². The molecule has 0 radical (unpaired) electrons. The molecular weight excluding hydrogens is 362 g/mol. The highest BCUT2D eigenvalue weighted by Gasteiger charge is 2.20. The monoisotopic (exact) mass is 377 g/mol. The molecule has 0 aliphatic rings. The van der Waals surface area contributed by atoms with Gasteiger partial charge < -0.3 is 9.64 Å². The van der Waals surface area contributed by atoms with Crippen molar-refractivity contribution in [2.75, 3.05) is 20.3 Å². The van der Waals surface area contributed by atoms with Crippen molar-refractivity contribution >= 4 is 37.8 Å². The molecule has 100 valence electrons. The van der Waals surface area contributed by atoms with Crippen LogP contribution in [0.3, 0.4) is 0 Å². The smallest absolute Gasteiger partial charge is 0.255 e. The van der Waals surface area contributed by atoms with Crippen LogP contribution in [0.5, 0.6) is 0 Å². The van der Waals surface area contributed by atoms with E-state index in [1.165, 1.54) is 0 Å². The molecule has 0 aliphatic heterocycles. The predicted octanol–water partition coefficient (Wildman–Crippen LogP) is 3.71. The molecule has 0 unspecified atom stereocenters. The number of ether oxygens (including phenoxy) is 1. The first-order chi connectivity index (χ1) is 8.47. The number of carbonyl (C=O) groups is 1. The van der Waals surface area contributed by atoms with E-state index < -0.39 is 0 Å². The molecule has 0 bridgehead atoms. The Morgan fingerprint density at radius 3 is 2.56 bits per heavy atom. The third-order valence-electron chi connectivity index (χ3n) is 2.58. The van der Waals surface area contributed by atoms with Crippen LogP contribution in [0.2, 0.25) is 0 Å². The predicted molar refractivity (Wildman–Crippen MR) is 79.9 cm³/mol. The zero-order valence-corrected chi connectivity index (χ0v) is 13.9. The van der Waals surface area contributed by atoms with Crippen molar-refractivity contribution in [2.45, 2.75) is 19.9 Å². The van der Waals surface area contributed by atoms with E-state index in [2.05, 4.69) is 31.9 Å². The first kappa shape index (κ1) is 15.7. The van der Waals surface area contributed by atoms with Gasteiger partial charge in [-0.1, -0.05) is 15.9 Å². The largest absolute Gasteiger partial charge is 0.383 e. The van der Waals surface area contributed by atoms with Gasteiger partial charge in [-0.15, -0.1) is 0 Å². The fourth-order valence-electron chi connectivity index (χ4n) is 1.60. The van der Waals surface area contributed by atoms with Crippen LogP contribution in [0, 0.1) is 0 Å². The third kappa shape index (κ3) is 4.07. The minimum Gasteiger partial charge on any atom is -0.383 e. The van der Waals surface area contributed by atoms with Crippen LogP contribution in [0.4, 0.5) is 0 Å². The standard InChI is InChI=1S/C13H17Br2NO2/c1-9(2)16(6-7-18-3)13(17)11-5-4-10(14)8-12(11)15/h4-5,8-9H,6-7H2,1-3H3. The van der Waals surface area contributed by atoms with E-state index in [0.717, 1.165) is 8.95 Å². The van der Waals surface area contributed by atoms with Gasteiger partial charge in [-0.3, -0.25) is 4.79 Å². The summed E-state index contributed by atoms with van der Waals surface area (Å²) in [7, 11) is 1.64. The van der Waals surface area contributed by atoms with Gasteiger partial charge in [0.25, 0.3) is 5.91 Å². The number of rotatable bonds is 5. The lowest BCUT2D eigenvalue weighted by atomic mass is 10.1. The van der Waals surface area contributed by atoms with Gasteiger partial charge in [-0.05, 0) is 48.0 Å². The average Bonchev–Trinajstić information content (AvgIpc) is 2.28. The van der Waals surface area contributed by atoms with E-state index in [9.17, 15) is 4.79 Å². The maximum absolute atomic E-state index is 12.4. The zero-order chi connectivity index (χ0) is 13.7. The molecule has 0 N–H and O–H groups in total. The zero-order valence-electron chi connectivity index (χ0n) is 10.7. The molecule has 1 rings (SSSR count). The summed E-state index contributed by atoms with van der Waals surface area (Å²) in [5.74, 6) is 0.0152. The van der Waals surface area contributed by atoms with Crippen LogP contribution < -0.4 is 0 Å². The number of amides is 1. The maximum Gasteiger partial charge on any atom is 0.255 e. The lowest BCUT2D eigenvalue weighted by Gasteiger charge is -2.27. The molecule has 1 aromatic rings. The van der Waals surface area contributed by atoms with Crippen molar-refractivity contribution in [3.05, 3.63) is 32.7 Å². The molecular formula is C13H17Br2NO2. The van der Waals surface area contributed by atoms with Gasteiger partial charge in [0.1, 0.15) is 0 Å². The lowest BCUT2D eigenvalue weighted by Crippen LogP contribution is -2.39. The van der Waals surface area contributed by atoms with Crippen molar-refractivity contribution in [3.63, 3.8) is 0 Å². The van der Waals surface area contributed by atoms with Crippen LogP contribution in [-0.4, -0.2) is 37.1 Å². The Morgan fingerprint density at radius 1 is 1.39 bits per heavy atom. The Labute approximate surface area is 125 Å². The SMILES string of the molecule is COCCN(C(=O)c1ccc(Br)cc1Br)C(C)C. The Balaban J connectivity index is 2.94. The normalized spacial score (nSPS) is 10.8. The topological polar surface area (TPSA) is 29.5 Å². The fraction of sp³-hybridized carbons (Fsp3) is 0.462. The summed E-state index contributed by atoms with van der Waals surface area (Å²) < 4.78 is 6.78. The summed E-state index contributed by atoms with van der Waals surface area (Å²) in [6.07, 6.45) is 0. The summed E-state index contributed by atoms with van der Waals surface area (Å²) in [5.41, 5.74) is 0.669. The summed E-state index contributed by atoms with van der Waals surface area (Å²) in [4.78, 5) is 14.3. The van der Waals surface area contributed by atoms with Crippen LogP contribution >= 0.6 is 31.9 Å². The number of halogens is 2. The van der Waals surface area contributed by atoms with E-state index in [1.54, 1.807) is 12.0 Å². The molecule has 3 nitrogen and oxygen atoms in total. The average molecular weight is 379 g/mol. The van der Waals surface area contributed by atoms with Crippen molar-refractivity contribution in [1.29, 1.82) is 0 Å². The number of nitrogens with zero attached hydrogens (tertiary/aromatic N) is 1. The Morgan fingerprint density at radius 2 is 2.06 bits per heavy atom. The molecule has 0 heterocycles. The first-order valence-electron chi connectivity index (χ1n) is 5.72. The van der Waals surface area contributed by atoms with Gasteiger partial charge >= 0.3 is 0 Å². The molecule has 0 saturated heterocycles. The Kier molecular flexibility index (Phi) is 6.32. The minimum absolute atomic E-state index is 0.0152. The maximum atomic E-state index is 12.4. The van der Waals surface area contributed by atoms with Gasteiger partial charge in [0.2, 0.25) is 0 Å². The molecule has 1 aromatic carbocycles. The number of carbonyl (C=O) groups excluding carboxylic acids is 1. The van der Waals surface area contributed by atoms with Gasteiger partial charge in [0, 0.05) is 28.6 Å². The van der Waals surface area contributed by atoms with E-state index >= 15 is 0 Å². The van der Waals surface area contributed by atoms with Gasteiger partial charge in [-0.25, -0.2) is 0 Å². The second kappa shape index (κ2) is 7.26. The highest BCUT2D eigenvalue weighted by atomic mass is 79.9. The van der Waals surface area contributed by atoms with E-state index in [0.29, 0.717) is 18.7 Å². The van der Waals surface area contributed by atoms with Crippen molar-refractivity contribution in [1.82, 2.24) is 4.90 Å². The van der Waals surface area contributed by atoms with Crippen molar-refractivity contribution in [2.24, 2.45) is 0 Å². The quantitative estimate of drug-likeness (QED) is 0.781. The second-order valence-electron chi connectivity index (χ2n) is 4.21. The molecule has 0 aromatic heterocycles. The van der Waals surface area contributed by atoms with Crippen LogP contribution in [0.25, 0.3) is 0 Å². The molecule has 0 aliphatic carbocycles. The molecule has 18 heavy (non-hydrogen) atoms. The van der Waals surface area contributed by atoms with E-state index in [1.807, 2.05) is 32.0 Å². The summed E-state index contributed by atoms with van der Waals surface area (Å²) in [6, 6.07) is 5.70. The third-order valence-corrected chi connectivity index (χ3v) is 3.73. The molecule has 1 amide bonds. The number of benzene rings is 1. The fourth-order valence-corrected chi connectivity index (χ4v) is 2.82. The first-order valence-corrected chi connectivity index (χ1v) is 7.31. The highest BCUT2D eigenvalue weighted by molar-refractivity contribution is 9.11. The molecule has 0 fully saturated rings. The lowest BCUT2D eigenvalue weighted by molar-refractivity contribution is 0.0634. The van der Waals surface area contributed by atoms with E-state index in [4.69, 9.17) is 4.74 Å². The van der Waals surface area contributed by atoms with Gasteiger partial charge in [0.05, 0.1) is 12.2 Å². The number of hydrogen-bond acceptors (Lipinski definition) is 2. The molecule has 5 heteroatoms. The second-order valence-corrected chi connectivity index (χ2v) is 5.98. The summed E-state index contributed by atoms with van der Waals surface area (Å²) in [6.45, 7) is 5.13. The van der Waals surface area contributed by atoms with Crippen molar-refractivity contribution < 1.29 is 9.53 Å². The van der Waals surface area contributed by atoms with Crippen molar-refractivity contribution in [3.8, 4) is 0 Å². The van der Waals surface area contributed by atoms with Crippen LogP contribution in [0.1, 0.15) is 24.2 Å². The van der Waals surface area contributed by atoms with Gasteiger partial charge in [-0.2, -0.15) is 0 Å². The number of hydrogen-bond donors (Lipinski definition) is 0. The summed E-state index contributed by atoms with van der Waals surface area (Å²) >= 11 is 6.80. The Bertz CT molecular complexity index is 421. The molecule has 0 spiro atoms. The highest BCUT2D eigenvalue weighted by Crippen LogP contribution is 2.23. The van der Waals surface area contributed by atoms with Crippen LogP contribution in [0.15, 0.2) is 27.1 Å². The van der Waals surface area contributed by atoms with E-state index in [-0.39, 0.29) is 11.9 Å². The Hall–Kier alpha value is -0.390. The minimum atomic E-state index is 0.0152. The summed E-state index contributed by atoms with van der Waals surface area (Å²) in [5, 5.41) is 0. The van der Waals surface area contributed by atoms with Gasteiger partial charge in [0.15, 0.2) is 0 Å². The molecule has 0 saturated carbocycles. The molecule has 0 atom stereocenters.